The van der Waals surface area contributed by atoms with E-state index in [2.05, 4.69) is 11.1 Å². The van der Waals surface area contributed by atoms with Crippen LogP contribution < -0.4 is 0 Å². The molecule has 0 bridgehead atoms. The molecule has 3 rings (SSSR count). The molecule has 2 aromatic rings. The lowest BCUT2D eigenvalue weighted by atomic mass is 9.90. The van der Waals surface area contributed by atoms with E-state index in [4.69, 9.17) is 0 Å². The van der Waals surface area contributed by atoms with Crippen molar-refractivity contribution in [3.05, 3.63) is 36.0 Å². The van der Waals surface area contributed by atoms with Crippen LogP contribution in [0.2, 0.25) is 0 Å². The van der Waals surface area contributed by atoms with Crippen molar-refractivity contribution in [3.8, 4) is 0 Å². The van der Waals surface area contributed by atoms with Gasteiger partial charge in [-0.25, -0.2) is 0 Å². The number of carboxylic acid groups (broad SMARTS) is 1. The van der Waals surface area contributed by atoms with E-state index in [0.29, 0.717) is 32.4 Å². The number of rotatable bonds is 4. The number of aromatic amines is 1. The van der Waals surface area contributed by atoms with Crippen molar-refractivity contribution in [3.63, 3.8) is 0 Å². The van der Waals surface area contributed by atoms with Crippen LogP contribution in [0.4, 0.5) is 0 Å². The molecule has 2 heterocycles. The Morgan fingerprint density at radius 3 is 2.91 bits per heavy atom. The van der Waals surface area contributed by atoms with Crippen molar-refractivity contribution in [2.24, 2.45) is 5.41 Å². The second kappa shape index (κ2) is 5.48. The van der Waals surface area contributed by atoms with Crippen LogP contribution in [0.5, 0.6) is 0 Å². The van der Waals surface area contributed by atoms with Crippen molar-refractivity contribution >= 4 is 22.8 Å². The number of aryl methyl sites for hydroxylation is 1. The molecule has 2 N–H and O–H groups in total. The van der Waals surface area contributed by atoms with Gasteiger partial charge in [0.2, 0.25) is 5.91 Å². The Labute approximate surface area is 128 Å². The van der Waals surface area contributed by atoms with Crippen LogP contribution in [0.15, 0.2) is 30.5 Å². The molecule has 1 aliphatic heterocycles. The monoisotopic (exact) mass is 300 g/mol. The van der Waals surface area contributed by atoms with Crippen LogP contribution in [-0.2, 0) is 16.0 Å². The number of benzene rings is 1. The fraction of sp³-hybridized carbons (Fsp3) is 0.412. The van der Waals surface area contributed by atoms with Gasteiger partial charge in [-0.3, -0.25) is 9.59 Å². The van der Waals surface area contributed by atoms with Gasteiger partial charge in [0.25, 0.3) is 0 Å². The van der Waals surface area contributed by atoms with Crippen LogP contribution in [0, 0.1) is 5.41 Å². The molecule has 22 heavy (non-hydrogen) atoms. The Morgan fingerprint density at radius 1 is 1.36 bits per heavy atom. The normalized spacial score (nSPS) is 21.4. The Hall–Kier alpha value is -2.30. The molecule has 0 radical (unpaired) electrons. The highest BCUT2D eigenvalue weighted by Gasteiger charge is 2.41. The van der Waals surface area contributed by atoms with E-state index >= 15 is 0 Å². The third kappa shape index (κ3) is 2.71. The number of carbonyl (C=O) groups excluding carboxylic acids is 1. The molecule has 1 aromatic heterocycles. The van der Waals surface area contributed by atoms with Gasteiger partial charge in [0, 0.05) is 31.2 Å². The van der Waals surface area contributed by atoms with Gasteiger partial charge >= 0.3 is 5.97 Å². The Balaban J connectivity index is 1.59. The summed E-state index contributed by atoms with van der Waals surface area (Å²) in [6.45, 7) is 2.57. The van der Waals surface area contributed by atoms with Gasteiger partial charge in [0.15, 0.2) is 0 Å². The average Bonchev–Trinajstić information content (AvgIpc) is 3.11. The quantitative estimate of drug-likeness (QED) is 0.910. The number of nitrogens with zero attached hydrogens (tertiary/aromatic N) is 1. The molecule has 5 nitrogen and oxygen atoms in total. The van der Waals surface area contributed by atoms with Crippen molar-refractivity contribution in [2.75, 3.05) is 13.1 Å². The lowest BCUT2D eigenvalue weighted by molar-refractivity contribution is -0.147. The number of hydrogen-bond donors (Lipinski definition) is 2. The first-order valence-electron chi connectivity index (χ1n) is 7.55. The van der Waals surface area contributed by atoms with Crippen molar-refractivity contribution in [1.82, 2.24) is 9.88 Å². The summed E-state index contributed by atoms with van der Waals surface area (Å²) in [7, 11) is 0. The molecule has 116 valence electrons. The predicted molar refractivity (Wildman–Crippen MR) is 83.6 cm³/mol. The third-order valence-electron chi connectivity index (χ3n) is 4.59. The van der Waals surface area contributed by atoms with E-state index in [1.807, 2.05) is 24.4 Å². The number of carboxylic acids is 1. The fourth-order valence-corrected chi connectivity index (χ4v) is 3.02. The number of hydrogen-bond acceptors (Lipinski definition) is 2. The first kappa shape index (κ1) is 14.6. The molecule has 5 heteroatoms. The minimum absolute atomic E-state index is 0.0409. The first-order chi connectivity index (χ1) is 10.5. The van der Waals surface area contributed by atoms with Crippen LogP contribution >= 0.6 is 0 Å². The number of amides is 1. The van der Waals surface area contributed by atoms with Gasteiger partial charge in [0.05, 0.1) is 5.41 Å². The zero-order chi connectivity index (χ0) is 15.7. The fourth-order valence-electron chi connectivity index (χ4n) is 3.02. The van der Waals surface area contributed by atoms with Gasteiger partial charge < -0.3 is 15.0 Å². The maximum atomic E-state index is 12.3. The maximum absolute atomic E-state index is 12.3. The molecule has 0 saturated carbocycles. The van der Waals surface area contributed by atoms with Crippen molar-refractivity contribution in [2.45, 2.75) is 26.2 Å². The highest BCUT2D eigenvalue weighted by Crippen LogP contribution is 2.30. The zero-order valence-corrected chi connectivity index (χ0v) is 12.6. The summed E-state index contributed by atoms with van der Waals surface area (Å²) in [4.78, 5) is 28.3. The molecule has 1 saturated heterocycles. The van der Waals surface area contributed by atoms with Crippen molar-refractivity contribution < 1.29 is 14.7 Å². The number of likely N-dealkylation sites (tertiary alicyclic amines) is 1. The summed E-state index contributed by atoms with van der Waals surface area (Å²) in [5.74, 6) is -0.778. The molecule has 1 aliphatic rings. The lowest BCUT2D eigenvalue weighted by Gasteiger charge is -2.20. The summed E-state index contributed by atoms with van der Waals surface area (Å²) in [5.41, 5.74) is 1.42. The molecule has 1 amide bonds. The van der Waals surface area contributed by atoms with Gasteiger partial charge in [-0.1, -0.05) is 6.07 Å². The number of aliphatic carboxylic acids is 1. The van der Waals surface area contributed by atoms with E-state index in [-0.39, 0.29) is 5.91 Å². The van der Waals surface area contributed by atoms with Gasteiger partial charge in [-0.2, -0.15) is 0 Å². The molecular formula is C17H20N2O3. The zero-order valence-electron chi connectivity index (χ0n) is 12.6. The van der Waals surface area contributed by atoms with E-state index in [1.54, 1.807) is 11.8 Å². The topological polar surface area (TPSA) is 73.4 Å². The summed E-state index contributed by atoms with van der Waals surface area (Å²) in [5, 5.41) is 10.4. The molecule has 0 aliphatic carbocycles. The van der Waals surface area contributed by atoms with Crippen LogP contribution in [0.3, 0.4) is 0 Å². The van der Waals surface area contributed by atoms with Crippen LogP contribution in [0.25, 0.3) is 10.9 Å². The van der Waals surface area contributed by atoms with Crippen molar-refractivity contribution in [1.29, 1.82) is 0 Å². The minimum atomic E-state index is -0.819. The summed E-state index contributed by atoms with van der Waals surface area (Å²) in [6, 6.07) is 8.15. The standard InChI is InChI=1S/C17H20N2O3/c1-17(16(21)22)7-9-19(11-17)15(20)5-3-12-2-4-14-13(10-12)6-8-18-14/h2,4,6,8,10,18H,3,5,7,9,11H2,1H3,(H,21,22). The second-order valence-corrected chi connectivity index (χ2v) is 6.33. The Bertz CT molecular complexity index is 722. The maximum Gasteiger partial charge on any atom is 0.311 e. The summed E-state index contributed by atoms with van der Waals surface area (Å²) >= 11 is 0. The van der Waals surface area contributed by atoms with Crippen LogP contribution in [0.1, 0.15) is 25.3 Å². The summed E-state index contributed by atoms with van der Waals surface area (Å²) < 4.78 is 0. The Kier molecular flexibility index (Phi) is 3.64. The third-order valence-corrected chi connectivity index (χ3v) is 4.59. The predicted octanol–water partition coefficient (Wildman–Crippen LogP) is 2.42. The van der Waals surface area contributed by atoms with E-state index in [0.717, 1.165) is 16.5 Å². The van der Waals surface area contributed by atoms with E-state index in [9.17, 15) is 14.7 Å². The summed E-state index contributed by atoms with van der Waals surface area (Å²) in [6.07, 6.45) is 3.53. The number of nitrogens with one attached hydrogen (secondary N) is 1. The highest BCUT2D eigenvalue weighted by atomic mass is 16.4. The van der Waals surface area contributed by atoms with Gasteiger partial charge in [-0.15, -0.1) is 0 Å². The number of aromatic nitrogens is 1. The average molecular weight is 300 g/mol. The number of carbonyl (C=O) groups is 2. The molecule has 1 aromatic carbocycles. The van der Waals surface area contributed by atoms with E-state index < -0.39 is 11.4 Å². The SMILES string of the molecule is CC1(C(=O)O)CCN(C(=O)CCc2ccc3[nH]ccc3c2)C1. The smallest absolute Gasteiger partial charge is 0.311 e. The molecule has 1 fully saturated rings. The molecule has 1 atom stereocenters. The highest BCUT2D eigenvalue weighted by molar-refractivity contribution is 5.82. The molecule has 1 unspecified atom stereocenters. The molecular weight excluding hydrogens is 280 g/mol. The second-order valence-electron chi connectivity index (χ2n) is 6.33. The largest absolute Gasteiger partial charge is 0.481 e. The van der Waals surface area contributed by atoms with Crippen LogP contribution in [-0.4, -0.2) is 40.0 Å². The minimum Gasteiger partial charge on any atom is -0.481 e. The number of H-pyrrole nitrogens is 1. The number of fused-ring (bicyclic) bond motifs is 1. The van der Waals surface area contributed by atoms with Gasteiger partial charge in [0.1, 0.15) is 0 Å². The molecule has 0 spiro atoms. The van der Waals surface area contributed by atoms with E-state index in [1.165, 1.54) is 0 Å². The first-order valence-corrected chi connectivity index (χ1v) is 7.55. The lowest BCUT2D eigenvalue weighted by Crippen LogP contribution is -2.34. The Morgan fingerprint density at radius 2 is 2.18 bits per heavy atom. The van der Waals surface area contributed by atoms with Gasteiger partial charge in [-0.05, 0) is 48.9 Å².